The van der Waals surface area contributed by atoms with E-state index in [-0.39, 0.29) is 10.5 Å². The van der Waals surface area contributed by atoms with Gasteiger partial charge in [0, 0.05) is 5.56 Å². The number of benzene rings is 1. The van der Waals surface area contributed by atoms with Crippen LogP contribution < -0.4 is 10.5 Å². The van der Waals surface area contributed by atoms with E-state index in [0.717, 1.165) is 6.07 Å². The van der Waals surface area contributed by atoms with Crippen LogP contribution in [0.15, 0.2) is 23.1 Å². The number of carbonyl (C=O) groups excluding carboxylic acids is 1. The maximum atomic E-state index is 11.9. The molecule has 0 unspecified atom stereocenters. The second kappa shape index (κ2) is 5.17. The Bertz CT molecular complexity index is 597. The van der Waals surface area contributed by atoms with E-state index in [1.165, 1.54) is 19.1 Å². The molecule has 9 heteroatoms. The number of aryl methyl sites for hydroxylation is 1. The Balaban J connectivity index is 3.02. The van der Waals surface area contributed by atoms with Crippen LogP contribution in [-0.2, 0) is 10.0 Å². The average molecular weight is 296 g/mol. The van der Waals surface area contributed by atoms with Crippen LogP contribution in [0.3, 0.4) is 0 Å². The quantitative estimate of drug-likeness (QED) is 0.869. The van der Waals surface area contributed by atoms with Gasteiger partial charge < -0.3 is 5.32 Å². The monoisotopic (exact) mass is 296 g/mol. The second-order valence-electron chi connectivity index (χ2n) is 3.88. The van der Waals surface area contributed by atoms with Crippen LogP contribution in [0.5, 0.6) is 0 Å². The standard InChI is InChI=1S/C10H11F3N2O3S/c1-6-2-7(4-8(3-6)19(14,17)18)9(16)15-5-10(11,12)13/h2-4H,5H2,1H3,(H,15,16)(H2,14,17,18). The van der Waals surface area contributed by atoms with E-state index in [1.54, 1.807) is 5.32 Å². The number of alkyl halides is 3. The van der Waals surface area contributed by atoms with Crippen LogP contribution in [0.4, 0.5) is 13.2 Å². The van der Waals surface area contributed by atoms with Crippen LogP contribution in [0, 0.1) is 6.92 Å². The number of hydrogen-bond acceptors (Lipinski definition) is 3. The molecule has 0 aliphatic rings. The van der Waals surface area contributed by atoms with Crippen molar-refractivity contribution in [2.75, 3.05) is 6.54 Å². The third kappa shape index (κ3) is 4.87. The highest BCUT2D eigenvalue weighted by molar-refractivity contribution is 7.89. The molecule has 0 heterocycles. The number of amides is 1. The Morgan fingerprint density at radius 2 is 1.89 bits per heavy atom. The molecule has 1 amide bonds. The number of sulfonamides is 1. The van der Waals surface area contributed by atoms with E-state index >= 15 is 0 Å². The number of hydrogen-bond donors (Lipinski definition) is 2. The first kappa shape index (κ1) is 15.4. The Morgan fingerprint density at radius 1 is 1.32 bits per heavy atom. The Morgan fingerprint density at radius 3 is 2.37 bits per heavy atom. The summed E-state index contributed by atoms with van der Waals surface area (Å²) in [6.45, 7) is -0.000296. The molecule has 0 radical (unpaired) electrons. The van der Waals surface area contributed by atoms with Gasteiger partial charge in [-0.05, 0) is 30.7 Å². The zero-order valence-corrected chi connectivity index (χ0v) is 10.6. The van der Waals surface area contributed by atoms with Crippen molar-refractivity contribution in [1.29, 1.82) is 0 Å². The highest BCUT2D eigenvalue weighted by Crippen LogP contribution is 2.15. The van der Waals surface area contributed by atoms with Gasteiger partial charge in [-0.3, -0.25) is 4.79 Å². The molecule has 0 fully saturated rings. The maximum Gasteiger partial charge on any atom is 0.405 e. The van der Waals surface area contributed by atoms with E-state index in [4.69, 9.17) is 5.14 Å². The van der Waals surface area contributed by atoms with Crippen LogP contribution >= 0.6 is 0 Å². The van der Waals surface area contributed by atoms with Gasteiger partial charge in [0.15, 0.2) is 0 Å². The van der Waals surface area contributed by atoms with Crippen molar-refractivity contribution < 1.29 is 26.4 Å². The fourth-order valence-electron chi connectivity index (χ4n) is 1.33. The van der Waals surface area contributed by atoms with Crippen molar-refractivity contribution >= 4 is 15.9 Å². The summed E-state index contributed by atoms with van der Waals surface area (Å²) in [5, 5.41) is 6.54. The van der Waals surface area contributed by atoms with E-state index in [0.29, 0.717) is 5.56 Å². The van der Waals surface area contributed by atoms with Crippen LogP contribution in [0.2, 0.25) is 0 Å². The largest absolute Gasteiger partial charge is 0.405 e. The summed E-state index contributed by atoms with van der Waals surface area (Å²) in [6.07, 6.45) is -4.54. The molecule has 19 heavy (non-hydrogen) atoms. The lowest BCUT2D eigenvalue weighted by atomic mass is 10.1. The molecular formula is C10H11F3N2O3S. The van der Waals surface area contributed by atoms with Gasteiger partial charge in [-0.15, -0.1) is 0 Å². The van der Waals surface area contributed by atoms with E-state index in [2.05, 4.69) is 0 Å². The third-order valence-corrected chi connectivity index (χ3v) is 2.98. The van der Waals surface area contributed by atoms with Gasteiger partial charge in [0.25, 0.3) is 5.91 Å². The fraction of sp³-hybridized carbons (Fsp3) is 0.300. The average Bonchev–Trinajstić information content (AvgIpc) is 2.22. The minimum atomic E-state index is -4.54. The maximum absolute atomic E-state index is 11.9. The molecule has 1 aromatic carbocycles. The van der Waals surface area contributed by atoms with Crippen LogP contribution in [-0.4, -0.2) is 27.0 Å². The summed E-state index contributed by atoms with van der Waals surface area (Å²) in [6, 6.07) is 3.41. The summed E-state index contributed by atoms with van der Waals surface area (Å²) in [4.78, 5) is 11.1. The molecule has 0 bridgehead atoms. The molecule has 1 rings (SSSR count). The number of carbonyl (C=O) groups is 1. The lowest BCUT2D eigenvalue weighted by Gasteiger charge is -2.09. The summed E-state index contributed by atoms with van der Waals surface area (Å²) >= 11 is 0. The van der Waals surface area contributed by atoms with Gasteiger partial charge in [-0.1, -0.05) is 0 Å². The zero-order valence-electron chi connectivity index (χ0n) is 9.78. The first-order chi connectivity index (χ1) is 8.49. The van der Waals surface area contributed by atoms with Crippen LogP contribution in [0.1, 0.15) is 15.9 Å². The number of nitrogens with one attached hydrogen (secondary N) is 1. The lowest BCUT2D eigenvalue weighted by molar-refractivity contribution is -0.123. The third-order valence-electron chi connectivity index (χ3n) is 2.09. The Labute approximate surface area is 107 Å². The zero-order chi connectivity index (χ0) is 14.8. The van der Waals surface area contributed by atoms with Gasteiger partial charge in [-0.2, -0.15) is 13.2 Å². The smallest absolute Gasteiger partial charge is 0.343 e. The van der Waals surface area contributed by atoms with Crippen molar-refractivity contribution in [2.24, 2.45) is 5.14 Å². The van der Waals surface area contributed by atoms with Gasteiger partial charge in [0.2, 0.25) is 10.0 Å². The molecule has 0 aliphatic carbocycles. The first-order valence-electron chi connectivity index (χ1n) is 4.98. The van der Waals surface area contributed by atoms with Crippen molar-refractivity contribution in [3.8, 4) is 0 Å². The topological polar surface area (TPSA) is 89.3 Å². The van der Waals surface area contributed by atoms with Crippen molar-refractivity contribution in [3.05, 3.63) is 29.3 Å². The van der Waals surface area contributed by atoms with Gasteiger partial charge >= 0.3 is 6.18 Å². The molecule has 0 spiro atoms. The van der Waals surface area contributed by atoms with Gasteiger partial charge in [-0.25, -0.2) is 13.6 Å². The lowest BCUT2D eigenvalue weighted by Crippen LogP contribution is -2.33. The first-order valence-corrected chi connectivity index (χ1v) is 6.53. The molecule has 0 aromatic heterocycles. The van der Waals surface area contributed by atoms with E-state index < -0.39 is 28.7 Å². The summed E-state index contributed by atoms with van der Waals surface area (Å²) in [5.41, 5.74) is 0.192. The van der Waals surface area contributed by atoms with Gasteiger partial charge in [0.1, 0.15) is 6.54 Å². The van der Waals surface area contributed by atoms with Crippen molar-refractivity contribution in [1.82, 2.24) is 5.32 Å². The highest BCUT2D eigenvalue weighted by Gasteiger charge is 2.28. The number of rotatable bonds is 3. The molecule has 0 aliphatic heterocycles. The van der Waals surface area contributed by atoms with Crippen LogP contribution in [0.25, 0.3) is 0 Å². The van der Waals surface area contributed by atoms with Crippen molar-refractivity contribution in [3.63, 3.8) is 0 Å². The molecule has 0 atom stereocenters. The normalized spacial score (nSPS) is 12.3. The summed E-state index contributed by atoms with van der Waals surface area (Å²) < 4.78 is 58.1. The van der Waals surface area contributed by atoms with E-state index in [1.807, 2.05) is 0 Å². The predicted molar refractivity (Wildman–Crippen MR) is 60.9 cm³/mol. The SMILES string of the molecule is Cc1cc(C(=O)NCC(F)(F)F)cc(S(N)(=O)=O)c1. The number of nitrogens with two attached hydrogens (primary N) is 1. The molecule has 3 N–H and O–H groups in total. The molecule has 1 aromatic rings. The van der Waals surface area contributed by atoms with Gasteiger partial charge in [0.05, 0.1) is 4.90 Å². The highest BCUT2D eigenvalue weighted by atomic mass is 32.2. The van der Waals surface area contributed by atoms with Crippen molar-refractivity contribution in [2.45, 2.75) is 18.0 Å². The molecule has 0 saturated heterocycles. The minimum absolute atomic E-state index is 0.201. The number of halogens is 3. The fourth-order valence-corrected chi connectivity index (χ4v) is 1.97. The molecule has 0 saturated carbocycles. The Hall–Kier alpha value is -1.61. The second-order valence-corrected chi connectivity index (χ2v) is 5.44. The molecule has 106 valence electrons. The Kier molecular flexibility index (Phi) is 4.21. The number of primary sulfonamides is 1. The van der Waals surface area contributed by atoms with E-state index in [9.17, 15) is 26.4 Å². The molecular weight excluding hydrogens is 285 g/mol. The minimum Gasteiger partial charge on any atom is -0.343 e. The summed E-state index contributed by atoms with van der Waals surface area (Å²) in [7, 11) is -4.03. The predicted octanol–water partition coefficient (Wildman–Crippen LogP) is 0.935. The summed E-state index contributed by atoms with van der Waals surface area (Å²) in [5.74, 6) is -1.02. The molecule has 5 nitrogen and oxygen atoms in total.